The third-order valence-electron chi connectivity index (χ3n) is 4.79. The van der Waals surface area contributed by atoms with Crippen molar-refractivity contribution < 1.29 is 9.59 Å². The number of carbonyl (C=O) groups is 2. The maximum atomic E-state index is 12.5. The van der Waals surface area contributed by atoms with Crippen molar-refractivity contribution in [2.24, 2.45) is 0 Å². The van der Waals surface area contributed by atoms with Gasteiger partial charge in [0, 0.05) is 26.4 Å². The van der Waals surface area contributed by atoms with Crippen molar-refractivity contribution in [1.82, 2.24) is 4.90 Å². The van der Waals surface area contributed by atoms with Crippen LogP contribution in [0.1, 0.15) is 26.9 Å². The number of nitrogens with zero attached hydrogens (tertiary/aromatic N) is 1. The van der Waals surface area contributed by atoms with Crippen LogP contribution in [0.3, 0.4) is 0 Å². The summed E-state index contributed by atoms with van der Waals surface area (Å²) < 4.78 is 1.11. The van der Waals surface area contributed by atoms with Crippen molar-refractivity contribution in [2.45, 2.75) is 11.9 Å². The average Bonchev–Trinajstić information content (AvgIpc) is 3.11. The van der Waals surface area contributed by atoms with E-state index in [0.29, 0.717) is 22.9 Å². The van der Waals surface area contributed by atoms with Gasteiger partial charge in [0.25, 0.3) is 5.91 Å². The molecule has 0 aliphatic carbocycles. The molecule has 3 aromatic carbocycles. The Balaban J connectivity index is 1.46. The molecular weight excluding hydrogens is 531 g/mol. The van der Waals surface area contributed by atoms with Crippen LogP contribution >= 0.6 is 46.0 Å². The average molecular weight is 549 g/mol. The first-order valence-electron chi connectivity index (χ1n) is 9.32. The smallest absolute Gasteiger partial charge is 0.255 e. The van der Waals surface area contributed by atoms with E-state index in [-0.39, 0.29) is 17.2 Å². The monoisotopic (exact) mass is 548 g/mol. The lowest BCUT2D eigenvalue weighted by atomic mass is 10.1. The van der Waals surface area contributed by atoms with Gasteiger partial charge in [-0.05, 0) is 82.2 Å². The van der Waals surface area contributed by atoms with Crippen molar-refractivity contribution in [3.8, 4) is 0 Å². The lowest BCUT2D eigenvalue weighted by Gasteiger charge is -2.24. The van der Waals surface area contributed by atoms with E-state index in [4.69, 9.17) is 11.6 Å². The number of hydrogen-bond donors (Lipinski definition) is 1. The molecule has 1 saturated heterocycles. The normalized spacial score (nSPS) is 16.0. The predicted octanol–water partition coefficient (Wildman–Crippen LogP) is 5.97. The van der Waals surface area contributed by atoms with Gasteiger partial charge in [0.05, 0.1) is 5.75 Å². The van der Waals surface area contributed by atoms with Crippen LogP contribution in [0.2, 0.25) is 5.02 Å². The molecule has 4 nitrogen and oxygen atoms in total. The van der Waals surface area contributed by atoms with Crippen molar-refractivity contribution in [3.63, 3.8) is 0 Å². The number of amides is 2. The van der Waals surface area contributed by atoms with Crippen LogP contribution in [-0.4, -0.2) is 22.5 Å². The summed E-state index contributed by atoms with van der Waals surface area (Å²) in [5, 5.41) is 3.51. The number of anilines is 1. The molecule has 4 rings (SSSR count). The molecule has 1 aliphatic rings. The van der Waals surface area contributed by atoms with E-state index >= 15 is 0 Å². The Labute approximate surface area is 198 Å². The predicted molar refractivity (Wildman–Crippen MR) is 131 cm³/mol. The summed E-state index contributed by atoms with van der Waals surface area (Å²) >= 11 is 9.79. The minimum absolute atomic E-state index is 0.0681. The van der Waals surface area contributed by atoms with Crippen LogP contribution in [0.5, 0.6) is 0 Å². The molecule has 0 saturated carbocycles. The van der Waals surface area contributed by atoms with Crippen molar-refractivity contribution >= 4 is 63.5 Å². The number of nitrogens with one attached hydrogen (secondary N) is 1. The Morgan fingerprint density at radius 2 is 1.70 bits per heavy atom. The van der Waals surface area contributed by atoms with Gasteiger partial charge in [0.2, 0.25) is 5.91 Å². The summed E-state index contributed by atoms with van der Waals surface area (Å²) in [6, 6.07) is 22.7. The maximum Gasteiger partial charge on any atom is 0.255 e. The fourth-order valence-corrected chi connectivity index (χ4v) is 4.90. The molecule has 1 aliphatic heterocycles. The second-order valence-corrected chi connectivity index (χ2v) is 9.65. The van der Waals surface area contributed by atoms with Crippen LogP contribution in [0.15, 0.2) is 72.8 Å². The van der Waals surface area contributed by atoms with Gasteiger partial charge in [-0.25, -0.2) is 0 Å². The van der Waals surface area contributed by atoms with Gasteiger partial charge in [0.15, 0.2) is 0 Å². The number of thioether (sulfide) groups is 1. The number of halogens is 2. The molecular formula is C23H18ClIN2O2S. The lowest BCUT2D eigenvalue weighted by Crippen LogP contribution is -2.27. The fraction of sp³-hybridized carbons (Fsp3) is 0.130. The van der Waals surface area contributed by atoms with E-state index in [9.17, 15) is 9.59 Å². The first-order valence-corrected chi connectivity index (χ1v) is 11.8. The first-order chi connectivity index (χ1) is 14.5. The van der Waals surface area contributed by atoms with Gasteiger partial charge in [0.1, 0.15) is 5.37 Å². The molecule has 0 aromatic heterocycles. The summed E-state index contributed by atoms with van der Waals surface area (Å²) in [6.45, 7) is 0.530. The Morgan fingerprint density at radius 3 is 2.37 bits per heavy atom. The molecule has 0 bridgehead atoms. The van der Waals surface area contributed by atoms with E-state index in [1.54, 1.807) is 23.9 Å². The van der Waals surface area contributed by atoms with Crippen molar-refractivity contribution in [2.75, 3.05) is 11.1 Å². The molecule has 0 unspecified atom stereocenters. The molecule has 0 spiro atoms. The lowest BCUT2D eigenvalue weighted by molar-refractivity contribution is -0.128. The summed E-state index contributed by atoms with van der Waals surface area (Å²) in [5.74, 6) is 0.407. The quantitative estimate of drug-likeness (QED) is 0.400. The first kappa shape index (κ1) is 21.2. The van der Waals surface area contributed by atoms with Crippen LogP contribution in [0.4, 0.5) is 5.69 Å². The highest BCUT2D eigenvalue weighted by atomic mass is 127. The van der Waals surface area contributed by atoms with E-state index in [1.807, 2.05) is 65.6 Å². The second kappa shape index (κ2) is 9.41. The van der Waals surface area contributed by atoms with E-state index in [0.717, 1.165) is 20.4 Å². The zero-order valence-corrected chi connectivity index (χ0v) is 19.6. The zero-order valence-electron chi connectivity index (χ0n) is 15.8. The Morgan fingerprint density at radius 1 is 1.03 bits per heavy atom. The minimum Gasteiger partial charge on any atom is -0.322 e. The van der Waals surface area contributed by atoms with Crippen LogP contribution in [0.25, 0.3) is 0 Å². The largest absolute Gasteiger partial charge is 0.322 e. The maximum absolute atomic E-state index is 12.5. The number of hydrogen-bond acceptors (Lipinski definition) is 3. The minimum atomic E-state index is -0.157. The van der Waals surface area contributed by atoms with E-state index < -0.39 is 0 Å². The van der Waals surface area contributed by atoms with Crippen LogP contribution in [0, 0.1) is 3.57 Å². The molecule has 1 heterocycles. The highest BCUT2D eigenvalue weighted by molar-refractivity contribution is 14.1. The van der Waals surface area contributed by atoms with Crippen LogP contribution in [-0.2, 0) is 11.3 Å². The van der Waals surface area contributed by atoms with Gasteiger partial charge < -0.3 is 10.2 Å². The standard InChI is InChI=1S/C23H18ClIN2O2S/c24-18-7-1-15(2-8-18)13-27-21(28)14-30-23(27)17-5-3-16(4-6-17)22(29)26-20-11-9-19(25)10-12-20/h1-12,23H,13-14H2,(H,26,29)/t23-/m0/s1. The summed E-state index contributed by atoms with van der Waals surface area (Å²) in [4.78, 5) is 26.8. The molecule has 1 fully saturated rings. The van der Waals surface area contributed by atoms with Gasteiger partial charge in [-0.2, -0.15) is 0 Å². The number of carbonyl (C=O) groups excluding carboxylic acids is 2. The molecule has 7 heteroatoms. The molecule has 0 radical (unpaired) electrons. The summed E-state index contributed by atoms with van der Waals surface area (Å²) in [7, 11) is 0. The number of benzene rings is 3. The third-order valence-corrected chi connectivity index (χ3v) is 7.02. The molecule has 152 valence electrons. The Kier molecular flexibility index (Phi) is 6.65. The number of rotatable bonds is 5. The van der Waals surface area contributed by atoms with Gasteiger partial charge >= 0.3 is 0 Å². The van der Waals surface area contributed by atoms with Crippen molar-refractivity contribution in [3.05, 3.63) is 98.1 Å². The van der Waals surface area contributed by atoms with E-state index in [1.165, 1.54) is 0 Å². The SMILES string of the molecule is O=C(Nc1ccc(I)cc1)c1ccc([C@@H]2SCC(=O)N2Cc2ccc(Cl)cc2)cc1. The second-order valence-electron chi connectivity index (χ2n) is 6.89. The molecule has 1 N–H and O–H groups in total. The highest BCUT2D eigenvalue weighted by Crippen LogP contribution is 2.39. The highest BCUT2D eigenvalue weighted by Gasteiger charge is 2.32. The van der Waals surface area contributed by atoms with Gasteiger partial charge in [-0.1, -0.05) is 35.9 Å². The van der Waals surface area contributed by atoms with Crippen LogP contribution < -0.4 is 5.32 Å². The van der Waals surface area contributed by atoms with Gasteiger partial charge in [-0.15, -0.1) is 11.8 Å². The fourth-order valence-electron chi connectivity index (χ4n) is 3.22. The van der Waals surface area contributed by atoms with Crippen molar-refractivity contribution in [1.29, 1.82) is 0 Å². The molecule has 30 heavy (non-hydrogen) atoms. The summed E-state index contributed by atoms with van der Waals surface area (Å²) in [5.41, 5.74) is 3.38. The van der Waals surface area contributed by atoms with Gasteiger partial charge in [-0.3, -0.25) is 9.59 Å². The molecule has 3 aromatic rings. The molecule has 1 atom stereocenters. The Hall–Kier alpha value is -2.03. The Bertz CT molecular complexity index is 1060. The van der Waals surface area contributed by atoms with E-state index in [2.05, 4.69) is 27.9 Å². The zero-order chi connectivity index (χ0) is 21.1. The third kappa shape index (κ3) is 4.99. The summed E-state index contributed by atoms with van der Waals surface area (Å²) in [6.07, 6.45) is 0. The topological polar surface area (TPSA) is 49.4 Å². The molecule has 2 amide bonds.